The van der Waals surface area contributed by atoms with Crippen LogP contribution in [-0.4, -0.2) is 19.2 Å². The third-order valence-corrected chi connectivity index (χ3v) is 4.10. The summed E-state index contributed by atoms with van der Waals surface area (Å²) in [6.45, 7) is -0.553. The minimum absolute atomic E-state index is 0.0734. The van der Waals surface area contributed by atoms with E-state index in [2.05, 4.69) is 15.4 Å². The van der Waals surface area contributed by atoms with Gasteiger partial charge in [0.1, 0.15) is 5.75 Å². The second-order valence-corrected chi connectivity index (χ2v) is 5.93. The normalized spacial score (nSPS) is 12.0. The summed E-state index contributed by atoms with van der Waals surface area (Å²) in [6.07, 6.45) is 0.775. The predicted molar refractivity (Wildman–Crippen MR) is 86.0 cm³/mol. The maximum Gasteiger partial charge on any atom is 0.387 e. The van der Waals surface area contributed by atoms with Crippen LogP contribution in [0.1, 0.15) is 23.4 Å². The summed E-state index contributed by atoms with van der Waals surface area (Å²) in [6, 6.07) is 9.66. The standard InChI is InChI=1S/C16H18F2N2O2S/c1-11(12-4-2-5-13(10-12)22-15(17)18)20-16(21)19-8-7-14-6-3-9-23-14/h2-6,9-11,15H,7-8H2,1H3,(H2,19,20,21). The third kappa shape index (κ3) is 5.86. The predicted octanol–water partition coefficient (Wildman–Crippen LogP) is 3.95. The van der Waals surface area contributed by atoms with E-state index in [1.807, 2.05) is 17.5 Å². The van der Waals surface area contributed by atoms with Gasteiger partial charge in [0, 0.05) is 11.4 Å². The van der Waals surface area contributed by atoms with Crippen LogP contribution in [0.5, 0.6) is 5.75 Å². The molecule has 4 nitrogen and oxygen atoms in total. The van der Waals surface area contributed by atoms with Crippen LogP contribution in [0.15, 0.2) is 41.8 Å². The molecule has 0 radical (unpaired) electrons. The lowest BCUT2D eigenvalue weighted by molar-refractivity contribution is -0.0499. The molecule has 7 heteroatoms. The Labute approximate surface area is 137 Å². The van der Waals surface area contributed by atoms with E-state index in [4.69, 9.17) is 0 Å². The summed E-state index contributed by atoms with van der Waals surface area (Å²) < 4.78 is 28.8. The van der Waals surface area contributed by atoms with Crippen LogP contribution in [0, 0.1) is 0 Å². The SMILES string of the molecule is CC(NC(=O)NCCc1cccs1)c1cccc(OC(F)F)c1. The van der Waals surface area contributed by atoms with Crippen molar-refractivity contribution in [3.05, 3.63) is 52.2 Å². The van der Waals surface area contributed by atoms with E-state index in [9.17, 15) is 13.6 Å². The molecule has 1 atom stereocenters. The number of carbonyl (C=O) groups excluding carboxylic acids is 1. The summed E-state index contributed by atoms with van der Waals surface area (Å²) in [5.74, 6) is 0.0734. The van der Waals surface area contributed by atoms with Crippen LogP contribution in [0.3, 0.4) is 0 Å². The summed E-state index contributed by atoms with van der Waals surface area (Å²) in [7, 11) is 0. The zero-order valence-corrected chi connectivity index (χ0v) is 13.4. The Kier molecular flexibility index (Phi) is 6.34. The molecule has 0 bridgehead atoms. The van der Waals surface area contributed by atoms with Gasteiger partial charge in [-0.25, -0.2) is 4.79 Å². The molecular weight excluding hydrogens is 322 g/mol. The monoisotopic (exact) mass is 340 g/mol. The Bertz CT molecular complexity index is 620. The first-order valence-electron chi connectivity index (χ1n) is 7.16. The zero-order valence-electron chi connectivity index (χ0n) is 12.6. The average Bonchev–Trinajstić information content (AvgIpc) is 3.00. The minimum atomic E-state index is -2.87. The summed E-state index contributed by atoms with van der Waals surface area (Å²) in [5, 5.41) is 7.53. The Morgan fingerprint density at radius 1 is 1.30 bits per heavy atom. The number of thiophene rings is 1. The first-order chi connectivity index (χ1) is 11.0. The van der Waals surface area contributed by atoms with Crippen LogP contribution >= 0.6 is 11.3 Å². The van der Waals surface area contributed by atoms with Gasteiger partial charge in [0.15, 0.2) is 0 Å². The lowest BCUT2D eigenvalue weighted by Gasteiger charge is -2.16. The molecule has 0 saturated carbocycles. The van der Waals surface area contributed by atoms with Gasteiger partial charge in [-0.1, -0.05) is 18.2 Å². The number of halogens is 2. The van der Waals surface area contributed by atoms with Gasteiger partial charge in [-0.3, -0.25) is 0 Å². The zero-order chi connectivity index (χ0) is 16.7. The molecule has 1 unspecified atom stereocenters. The van der Waals surface area contributed by atoms with E-state index in [-0.39, 0.29) is 17.8 Å². The highest BCUT2D eigenvalue weighted by Crippen LogP contribution is 2.20. The van der Waals surface area contributed by atoms with Gasteiger partial charge in [0.2, 0.25) is 0 Å². The average molecular weight is 340 g/mol. The molecule has 2 aromatic rings. The van der Waals surface area contributed by atoms with Gasteiger partial charge in [-0.2, -0.15) is 8.78 Å². The molecule has 1 heterocycles. The van der Waals surface area contributed by atoms with Gasteiger partial charge < -0.3 is 15.4 Å². The Balaban J connectivity index is 1.80. The highest BCUT2D eigenvalue weighted by Gasteiger charge is 2.11. The second kappa shape index (κ2) is 8.47. The fourth-order valence-electron chi connectivity index (χ4n) is 2.05. The molecule has 124 valence electrons. The van der Waals surface area contributed by atoms with E-state index >= 15 is 0 Å². The van der Waals surface area contributed by atoms with Crippen molar-refractivity contribution in [1.82, 2.24) is 10.6 Å². The molecule has 0 aliphatic heterocycles. The molecular formula is C16H18F2N2O2S. The Morgan fingerprint density at radius 2 is 2.13 bits per heavy atom. The molecule has 2 rings (SSSR count). The molecule has 1 aromatic carbocycles. The van der Waals surface area contributed by atoms with Crippen LogP contribution in [0.2, 0.25) is 0 Å². The number of rotatable bonds is 7. The van der Waals surface area contributed by atoms with Crippen molar-refractivity contribution in [2.45, 2.75) is 26.0 Å². The quantitative estimate of drug-likeness (QED) is 0.802. The van der Waals surface area contributed by atoms with Crippen molar-refractivity contribution >= 4 is 17.4 Å². The van der Waals surface area contributed by atoms with Crippen LogP contribution in [0.4, 0.5) is 13.6 Å². The van der Waals surface area contributed by atoms with E-state index in [0.29, 0.717) is 12.1 Å². The minimum Gasteiger partial charge on any atom is -0.435 e. The van der Waals surface area contributed by atoms with Gasteiger partial charge in [0.05, 0.1) is 6.04 Å². The fourth-order valence-corrected chi connectivity index (χ4v) is 2.75. The topological polar surface area (TPSA) is 50.4 Å². The number of alkyl halides is 2. The second-order valence-electron chi connectivity index (χ2n) is 4.90. The number of urea groups is 1. The molecule has 1 aromatic heterocycles. The van der Waals surface area contributed by atoms with Crippen molar-refractivity contribution in [1.29, 1.82) is 0 Å². The van der Waals surface area contributed by atoms with Crippen LogP contribution in [0.25, 0.3) is 0 Å². The highest BCUT2D eigenvalue weighted by molar-refractivity contribution is 7.09. The number of benzene rings is 1. The first-order valence-corrected chi connectivity index (χ1v) is 8.04. The molecule has 0 aliphatic rings. The number of ether oxygens (including phenoxy) is 1. The summed E-state index contributed by atoms with van der Waals surface area (Å²) in [4.78, 5) is 13.1. The Hall–Kier alpha value is -2.15. The van der Waals surface area contributed by atoms with E-state index < -0.39 is 6.61 Å². The van der Waals surface area contributed by atoms with E-state index in [1.54, 1.807) is 30.4 Å². The lowest BCUT2D eigenvalue weighted by Crippen LogP contribution is -2.37. The number of hydrogen-bond acceptors (Lipinski definition) is 3. The Morgan fingerprint density at radius 3 is 2.83 bits per heavy atom. The van der Waals surface area contributed by atoms with Crippen molar-refractivity contribution < 1.29 is 18.3 Å². The first kappa shape index (κ1) is 17.2. The number of carbonyl (C=O) groups is 1. The lowest BCUT2D eigenvalue weighted by atomic mass is 10.1. The third-order valence-electron chi connectivity index (χ3n) is 3.17. The smallest absolute Gasteiger partial charge is 0.387 e. The van der Waals surface area contributed by atoms with Crippen molar-refractivity contribution in [3.63, 3.8) is 0 Å². The van der Waals surface area contributed by atoms with Crippen LogP contribution < -0.4 is 15.4 Å². The number of amides is 2. The maximum atomic E-state index is 12.2. The van der Waals surface area contributed by atoms with Gasteiger partial charge in [0.25, 0.3) is 0 Å². The van der Waals surface area contributed by atoms with Crippen molar-refractivity contribution in [2.75, 3.05) is 6.54 Å². The largest absolute Gasteiger partial charge is 0.435 e. The molecule has 0 aliphatic carbocycles. The molecule has 0 spiro atoms. The van der Waals surface area contributed by atoms with Crippen molar-refractivity contribution in [3.8, 4) is 5.75 Å². The number of hydrogen-bond donors (Lipinski definition) is 2. The van der Waals surface area contributed by atoms with Gasteiger partial charge in [-0.05, 0) is 42.5 Å². The molecule has 0 fully saturated rings. The molecule has 2 N–H and O–H groups in total. The molecule has 0 saturated heterocycles. The number of nitrogens with one attached hydrogen (secondary N) is 2. The fraction of sp³-hybridized carbons (Fsp3) is 0.312. The molecule has 2 amide bonds. The summed E-state index contributed by atoms with van der Waals surface area (Å²) >= 11 is 1.64. The van der Waals surface area contributed by atoms with Gasteiger partial charge >= 0.3 is 12.6 Å². The molecule has 23 heavy (non-hydrogen) atoms. The van der Waals surface area contributed by atoms with Crippen molar-refractivity contribution in [2.24, 2.45) is 0 Å². The highest BCUT2D eigenvalue weighted by atomic mass is 32.1. The van der Waals surface area contributed by atoms with Crippen LogP contribution in [-0.2, 0) is 6.42 Å². The van der Waals surface area contributed by atoms with E-state index in [0.717, 1.165) is 6.42 Å². The maximum absolute atomic E-state index is 12.2. The van der Waals surface area contributed by atoms with E-state index in [1.165, 1.54) is 17.0 Å². The summed E-state index contributed by atoms with van der Waals surface area (Å²) in [5.41, 5.74) is 0.691. The van der Waals surface area contributed by atoms with Gasteiger partial charge in [-0.15, -0.1) is 11.3 Å².